The van der Waals surface area contributed by atoms with Crippen molar-refractivity contribution in [2.75, 3.05) is 26.2 Å². The van der Waals surface area contributed by atoms with Crippen molar-refractivity contribution in [2.24, 2.45) is 5.92 Å². The van der Waals surface area contributed by atoms with Gasteiger partial charge in [-0.15, -0.1) is 0 Å². The second-order valence-corrected chi connectivity index (χ2v) is 7.24. The monoisotopic (exact) mass is 334 g/mol. The van der Waals surface area contributed by atoms with E-state index < -0.39 is 0 Å². The smallest absolute Gasteiger partial charge is 0.0233 e. The zero-order valence-electron chi connectivity index (χ0n) is 15.3. The summed E-state index contributed by atoms with van der Waals surface area (Å²) >= 11 is 0. The summed E-state index contributed by atoms with van der Waals surface area (Å²) in [5, 5.41) is 3.65. The molecule has 2 aromatic rings. The quantitative estimate of drug-likeness (QED) is 0.796. The van der Waals surface area contributed by atoms with Crippen molar-refractivity contribution < 1.29 is 0 Å². The summed E-state index contributed by atoms with van der Waals surface area (Å²) in [5.41, 5.74) is 4.12. The number of nitrogens with one attached hydrogen (secondary N) is 1. The Labute approximate surface area is 152 Å². The minimum atomic E-state index is 0.816. The van der Waals surface area contributed by atoms with Crippen LogP contribution in [0.4, 0.5) is 0 Å². The van der Waals surface area contributed by atoms with E-state index in [2.05, 4.69) is 83.9 Å². The molecular formula is C23H30N2. The van der Waals surface area contributed by atoms with Crippen LogP contribution >= 0.6 is 0 Å². The normalized spacial score (nSPS) is 16.9. The van der Waals surface area contributed by atoms with Crippen LogP contribution in [0.25, 0.3) is 6.08 Å². The lowest BCUT2D eigenvalue weighted by molar-refractivity contribution is 0.176. The molecule has 132 valence electrons. The molecule has 0 saturated carbocycles. The molecule has 1 N–H and O–H groups in total. The molecule has 2 heteroatoms. The van der Waals surface area contributed by atoms with Crippen LogP contribution < -0.4 is 5.32 Å². The first-order valence-electron chi connectivity index (χ1n) is 9.49. The fourth-order valence-electron chi connectivity index (χ4n) is 3.55. The average Bonchev–Trinajstić information content (AvgIpc) is 2.65. The summed E-state index contributed by atoms with van der Waals surface area (Å²) in [6, 6.07) is 21.4. The van der Waals surface area contributed by atoms with Gasteiger partial charge in [0.1, 0.15) is 0 Å². The van der Waals surface area contributed by atoms with Gasteiger partial charge in [0.05, 0.1) is 0 Å². The predicted octanol–water partition coefficient (Wildman–Crippen LogP) is 4.59. The van der Waals surface area contributed by atoms with Crippen LogP contribution in [0.2, 0.25) is 0 Å². The molecule has 1 saturated heterocycles. The third-order valence-electron chi connectivity index (χ3n) is 5.01. The van der Waals surface area contributed by atoms with Gasteiger partial charge in [0.25, 0.3) is 0 Å². The largest absolute Gasteiger partial charge is 0.313 e. The number of hydrogen-bond acceptors (Lipinski definition) is 2. The average molecular weight is 335 g/mol. The van der Waals surface area contributed by atoms with Crippen LogP contribution in [0.15, 0.2) is 66.2 Å². The van der Waals surface area contributed by atoms with E-state index in [0.717, 1.165) is 25.6 Å². The number of nitrogens with zero attached hydrogens (tertiary/aromatic N) is 1. The lowest BCUT2D eigenvalue weighted by Crippen LogP contribution is -2.37. The Morgan fingerprint density at radius 1 is 1.00 bits per heavy atom. The van der Waals surface area contributed by atoms with E-state index in [1.165, 1.54) is 42.6 Å². The van der Waals surface area contributed by atoms with Gasteiger partial charge < -0.3 is 5.32 Å². The topological polar surface area (TPSA) is 15.3 Å². The van der Waals surface area contributed by atoms with Gasteiger partial charge >= 0.3 is 0 Å². The fourth-order valence-corrected chi connectivity index (χ4v) is 3.55. The Morgan fingerprint density at radius 2 is 1.64 bits per heavy atom. The van der Waals surface area contributed by atoms with Crippen LogP contribution in [-0.2, 0) is 6.54 Å². The molecule has 0 unspecified atom stereocenters. The van der Waals surface area contributed by atoms with E-state index in [-0.39, 0.29) is 0 Å². The van der Waals surface area contributed by atoms with Crippen molar-refractivity contribution in [1.82, 2.24) is 10.2 Å². The van der Waals surface area contributed by atoms with Crippen LogP contribution in [0, 0.1) is 5.92 Å². The molecule has 0 amide bonds. The summed E-state index contributed by atoms with van der Waals surface area (Å²) in [6.07, 6.45) is 4.89. The SMILES string of the molecule is C/C(=C\c1ccccc1)CNCC1CCN(Cc2ccccc2)CC1. The Morgan fingerprint density at radius 3 is 2.32 bits per heavy atom. The molecule has 1 fully saturated rings. The first-order valence-corrected chi connectivity index (χ1v) is 9.49. The van der Waals surface area contributed by atoms with Crippen LogP contribution in [0.5, 0.6) is 0 Å². The second-order valence-electron chi connectivity index (χ2n) is 7.24. The van der Waals surface area contributed by atoms with E-state index in [1.807, 2.05) is 0 Å². The Hall–Kier alpha value is -1.90. The first kappa shape index (κ1) is 17.9. The molecule has 0 atom stereocenters. The van der Waals surface area contributed by atoms with Crippen molar-refractivity contribution in [1.29, 1.82) is 0 Å². The Kier molecular flexibility index (Phi) is 6.84. The Bertz CT molecular complexity index is 640. The molecule has 1 aliphatic heterocycles. The molecule has 0 spiro atoms. The lowest BCUT2D eigenvalue weighted by atomic mass is 9.96. The fraction of sp³-hybridized carbons (Fsp3) is 0.391. The predicted molar refractivity (Wildman–Crippen MR) is 107 cm³/mol. The van der Waals surface area contributed by atoms with Gasteiger partial charge in [-0.3, -0.25) is 4.90 Å². The summed E-state index contributed by atoms with van der Waals surface area (Å²) < 4.78 is 0. The third kappa shape index (κ3) is 6.15. The minimum absolute atomic E-state index is 0.816. The number of piperidine rings is 1. The molecule has 0 aromatic heterocycles. The van der Waals surface area contributed by atoms with Crippen molar-refractivity contribution in [3.05, 3.63) is 77.4 Å². The molecule has 25 heavy (non-hydrogen) atoms. The molecule has 3 rings (SSSR count). The molecule has 0 radical (unpaired) electrons. The number of likely N-dealkylation sites (tertiary alicyclic amines) is 1. The highest BCUT2D eigenvalue weighted by molar-refractivity contribution is 5.52. The molecule has 1 aliphatic rings. The maximum atomic E-state index is 3.65. The minimum Gasteiger partial charge on any atom is -0.313 e. The van der Waals surface area contributed by atoms with E-state index in [9.17, 15) is 0 Å². The molecule has 0 bridgehead atoms. The lowest BCUT2D eigenvalue weighted by Gasteiger charge is -2.32. The third-order valence-corrected chi connectivity index (χ3v) is 5.01. The second kappa shape index (κ2) is 9.55. The van der Waals surface area contributed by atoms with E-state index in [1.54, 1.807) is 0 Å². The molecule has 1 heterocycles. The van der Waals surface area contributed by atoms with E-state index in [0.29, 0.717) is 0 Å². The van der Waals surface area contributed by atoms with Crippen LogP contribution in [-0.4, -0.2) is 31.1 Å². The van der Waals surface area contributed by atoms with Crippen LogP contribution in [0.1, 0.15) is 30.9 Å². The standard InChI is InChI=1S/C23H30N2/c1-20(16-21-8-4-2-5-9-21)17-24-18-22-12-14-25(15-13-22)19-23-10-6-3-7-11-23/h2-11,16,22,24H,12-15,17-19H2,1H3/b20-16+. The van der Waals surface area contributed by atoms with Gasteiger partial charge in [0.2, 0.25) is 0 Å². The van der Waals surface area contributed by atoms with Gasteiger partial charge in [0.15, 0.2) is 0 Å². The zero-order chi connectivity index (χ0) is 17.3. The number of rotatable bonds is 7. The van der Waals surface area contributed by atoms with Crippen LogP contribution in [0.3, 0.4) is 0 Å². The highest BCUT2D eigenvalue weighted by atomic mass is 15.1. The summed E-state index contributed by atoms with van der Waals surface area (Å²) in [4.78, 5) is 2.59. The van der Waals surface area contributed by atoms with Gasteiger partial charge in [0, 0.05) is 13.1 Å². The van der Waals surface area contributed by atoms with E-state index >= 15 is 0 Å². The Balaban J connectivity index is 1.35. The number of benzene rings is 2. The van der Waals surface area contributed by atoms with Crippen molar-refractivity contribution in [3.63, 3.8) is 0 Å². The highest BCUT2D eigenvalue weighted by Gasteiger charge is 2.18. The molecule has 2 nitrogen and oxygen atoms in total. The van der Waals surface area contributed by atoms with E-state index in [4.69, 9.17) is 0 Å². The first-order chi connectivity index (χ1) is 12.3. The van der Waals surface area contributed by atoms with Crippen molar-refractivity contribution in [3.8, 4) is 0 Å². The van der Waals surface area contributed by atoms with Crippen molar-refractivity contribution >= 4 is 6.08 Å². The van der Waals surface area contributed by atoms with Gasteiger partial charge in [-0.05, 0) is 56.4 Å². The van der Waals surface area contributed by atoms with Gasteiger partial charge in [-0.2, -0.15) is 0 Å². The summed E-state index contributed by atoms with van der Waals surface area (Å²) in [7, 11) is 0. The zero-order valence-corrected chi connectivity index (χ0v) is 15.3. The van der Waals surface area contributed by atoms with Crippen molar-refractivity contribution in [2.45, 2.75) is 26.3 Å². The maximum Gasteiger partial charge on any atom is 0.0233 e. The summed E-state index contributed by atoms with van der Waals surface area (Å²) in [6.45, 7) is 7.88. The summed E-state index contributed by atoms with van der Waals surface area (Å²) in [5.74, 6) is 0.816. The van der Waals surface area contributed by atoms with Gasteiger partial charge in [-0.25, -0.2) is 0 Å². The molecular weight excluding hydrogens is 304 g/mol. The number of hydrogen-bond donors (Lipinski definition) is 1. The molecule has 2 aromatic carbocycles. The highest BCUT2D eigenvalue weighted by Crippen LogP contribution is 2.18. The van der Waals surface area contributed by atoms with Gasteiger partial charge in [-0.1, -0.05) is 72.3 Å². The maximum absolute atomic E-state index is 3.65. The molecule has 0 aliphatic carbocycles.